The molecule has 106 valence electrons. The first kappa shape index (κ1) is 12.8. The number of hydrogen-bond acceptors (Lipinski definition) is 3. The molecule has 1 fully saturated rings. The van der Waals surface area contributed by atoms with Crippen molar-refractivity contribution < 1.29 is 14.3 Å². The van der Waals surface area contributed by atoms with Gasteiger partial charge in [-0.1, -0.05) is 12.1 Å². The minimum absolute atomic E-state index is 0.0870. The predicted molar refractivity (Wildman–Crippen MR) is 73.6 cm³/mol. The van der Waals surface area contributed by atoms with Crippen LogP contribution in [-0.4, -0.2) is 41.6 Å². The number of amides is 3. The molecule has 0 aliphatic carbocycles. The van der Waals surface area contributed by atoms with Crippen LogP contribution in [0.3, 0.4) is 0 Å². The van der Waals surface area contributed by atoms with Gasteiger partial charge in [-0.25, -0.2) is 4.79 Å². The largest absolute Gasteiger partial charge is 0.489 e. The van der Waals surface area contributed by atoms with E-state index in [1.165, 1.54) is 4.90 Å². The number of fused-ring (bicyclic) bond motifs is 3. The van der Waals surface area contributed by atoms with Crippen LogP contribution in [0.5, 0.6) is 5.75 Å². The minimum atomic E-state index is -1.01. The fourth-order valence-electron chi connectivity index (χ4n) is 2.65. The highest BCUT2D eigenvalue weighted by Gasteiger charge is 2.49. The quantitative estimate of drug-likeness (QED) is 0.873. The van der Waals surface area contributed by atoms with E-state index in [-0.39, 0.29) is 12.1 Å². The Morgan fingerprint density at radius 3 is 2.80 bits per heavy atom. The molecule has 1 atom stereocenters. The van der Waals surface area contributed by atoms with Crippen LogP contribution in [0.15, 0.2) is 24.3 Å². The lowest BCUT2D eigenvalue weighted by Crippen LogP contribution is -2.54. The number of primary amides is 1. The summed E-state index contributed by atoms with van der Waals surface area (Å²) in [7, 11) is 0. The van der Waals surface area contributed by atoms with E-state index in [4.69, 9.17) is 10.5 Å². The maximum Gasteiger partial charge on any atom is 0.326 e. The van der Waals surface area contributed by atoms with Gasteiger partial charge in [-0.05, 0) is 26.0 Å². The lowest BCUT2D eigenvalue weighted by molar-refractivity contribution is -0.126. The summed E-state index contributed by atoms with van der Waals surface area (Å²) < 4.78 is 5.67. The van der Waals surface area contributed by atoms with Gasteiger partial charge in [-0.15, -0.1) is 0 Å². The van der Waals surface area contributed by atoms with Crippen LogP contribution in [0.25, 0.3) is 0 Å². The summed E-state index contributed by atoms with van der Waals surface area (Å²) in [5.41, 5.74) is 5.15. The van der Waals surface area contributed by atoms with Gasteiger partial charge in [0.15, 0.2) is 0 Å². The minimum Gasteiger partial charge on any atom is -0.489 e. The van der Waals surface area contributed by atoms with Crippen molar-refractivity contribution in [2.45, 2.75) is 25.4 Å². The number of nitrogens with zero attached hydrogens (tertiary/aromatic N) is 2. The van der Waals surface area contributed by atoms with Gasteiger partial charge in [0.05, 0.1) is 11.7 Å². The zero-order chi connectivity index (χ0) is 14.5. The second kappa shape index (κ2) is 4.13. The van der Waals surface area contributed by atoms with Gasteiger partial charge in [0, 0.05) is 6.54 Å². The summed E-state index contributed by atoms with van der Waals surface area (Å²) in [5, 5.41) is 0. The van der Waals surface area contributed by atoms with Crippen molar-refractivity contribution in [1.29, 1.82) is 0 Å². The van der Waals surface area contributed by atoms with Gasteiger partial charge in [-0.3, -0.25) is 9.69 Å². The summed E-state index contributed by atoms with van der Waals surface area (Å²) in [6, 6.07) is 7.12. The number of benzene rings is 1. The Balaban J connectivity index is 1.99. The number of carbonyl (C=O) groups excluding carboxylic acids is 2. The molecule has 1 saturated heterocycles. The van der Waals surface area contributed by atoms with Crippen molar-refractivity contribution in [3.63, 3.8) is 0 Å². The van der Waals surface area contributed by atoms with E-state index in [1.54, 1.807) is 18.7 Å². The zero-order valence-corrected chi connectivity index (χ0v) is 11.5. The highest BCUT2D eigenvalue weighted by Crippen LogP contribution is 2.38. The molecule has 1 aromatic carbocycles. The van der Waals surface area contributed by atoms with Crippen molar-refractivity contribution in [2.75, 3.05) is 18.1 Å². The Hall–Kier alpha value is -2.24. The molecule has 1 unspecified atom stereocenters. The Kier molecular flexibility index (Phi) is 2.64. The molecule has 2 aliphatic rings. The van der Waals surface area contributed by atoms with Gasteiger partial charge in [0.2, 0.25) is 5.91 Å². The predicted octanol–water partition coefficient (Wildman–Crippen LogP) is 0.953. The van der Waals surface area contributed by atoms with Crippen LogP contribution < -0.4 is 15.4 Å². The number of nitrogens with two attached hydrogens (primary N) is 1. The molecule has 0 radical (unpaired) electrons. The number of para-hydroxylation sites is 2. The first-order chi connectivity index (χ1) is 9.43. The van der Waals surface area contributed by atoms with E-state index in [0.29, 0.717) is 18.9 Å². The van der Waals surface area contributed by atoms with Gasteiger partial charge >= 0.3 is 6.03 Å². The smallest absolute Gasteiger partial charge is 0.326 e. The SMILES string of the molecule is CC(C)(C(N)=O)N1CC2COc3ccccc3N2C1=O. The zero-order valence-electron chi connectivity index (χ0n) is 11.5. The number of rotatable bonds is 2. The standard InChI is InChI=1S/C14H17N3O3/c1-14(2,12(15)18)16-7-9-8-20-11-6-4-3-5-10(11)17(9)13(16)19/h3-6,9H,7-8H2,1-2H3,(H2,15,18). The second-order valence-electron chi connectivity index (χ2n) is 5.62. The summed E-state index contributed by atoms with van der Waals surface area (Å²) >= 11 is 0. The summed E-state index contributed by atoms with van der Waals surface area (Å²) in [6.45, 7) is 4.19. The monoisotopic (exact) mass is 275 g/mol. The Morgan fingerprint density at radius 2 is 2.10 bits per heavy atom. The van der Waals surface area contributed by atoms with E-state index in [0.717, 1.165) is 5.69 Å². The highest BCUT2D eigenvalue weighted by atomic mass is 16.5. The van der Waals surface area contributed by atoms with Gasteiger partial charge in [0.25, 0.3) is 0 Å². The topological polar surface area (TPSA) is 75.9 Å². The molecule has 6 nitrogen and oxygen atoms in total. The second-order valence-corrected chi connectivity index (χ2v) is 5.62. The van der Waals surface area contributed by atoms with E-state index in [9.17, 15) is 9.59 Å². The molecule has 0 spiro atoms. The number of carbonyl (C=O) groups is 2. The van der Waals surface area contributed by atoms with Crippen LogP contribution >= 0.6 is 0 Å². The van der Waals surface area contributed by atoms with Gasteiger partial charge in [0.1, 0.15) is 17.9 Å². The average molecular weight is 275 g/mol. The molecule has 1 aromatic rings. The Morgan fingerprint density at radius 1 is 1.40 bits per heavy atom. The van der Waals surface area contributed by atoms with E-state index in [2.05, 4.69) is 0 Å². The molecule has 6 heteroatoms. The fraction of sp³-hybridized carbons (Fsp3) is 0.429. The maximum absolute atomic E-state index is 12.6. The van der Waals surface area contributed by atoms with Gasteiger partial charge in [-0.2, -0.15) is 0 Å². The molecule has 20 heavy (non-hydrogen) atoms. The molecule has 3 amide bonds. The van der Waals surface area contributed by atoms with Crippen LogP contribution in [0.1, 0.15) is 13.8 Å². The third-order valence-electron chi connectivity index (χ3n) is 4.03. The van der Waals surface area contributed by atoms with Crippen molar-refractivity contribution in [3.05, 3.63) is 24.3 Å². The lowest BCUT2D eigenvalue weighted by Gasteiger charge is -2.32. The number of anilines is 1. The molecule has 0 aromatic heterocycles. The van der Waals surface area contributed by atoms with Gasteiger partial charge < -0.3 is 15.4 Å². The van der Waals surface area contributed by atoms with Crippen molar-refractivity contribution in [3.8, 4) is 5.75 Å². The number of hydrogen-bond donors (Lipinski definition) is 1. The molecular formula is C14H17N3O3. The number of urea groups is 1. The summed E-state index contributed by atoms with van der Waals surface area (Å²) in [5.74, 6) is 0.177. The Bertz CT molecular complexity index is 585. The van der Waals surface area contributed by atoms with Crippen molar-refractivity contribution >= 4 is 17.6 Å². The van der Waals surface area contributed by atoms with Crippen molar-refractivity contribution in [2.24, 2.45) is 5.73 Å². The normalized spacial score (nSPS) is 21.3. The first-order valence-corrected chi connectivity index (χ1v) is 6.55. The lowest BCUT2D eigenvalue weighted by atomic mass is 10.0. The molecule has 0 saturated carbocycles. The third-order valence-corrected chi connectivity index (χ3v) is 4.03. The summed E-state index contributed by atoms with van der Waals surface area (Å²) in [6.07, 6.45) is 0. The molecule has 2 N–H and O–H groups in total. The van der Waals surface area contributed by atoms with E-state index in [1.807, 2.05) is 24.3 Å². The molecule has 0 bridgehead atoms. The third kappa shape index (κ3) is 1.64. The van der Waals surface area contributed by atoms with Crippen molar-refractivity contribution in [1.82, 2.24) is 4.90 Å². The Labute approximate surface area is 117 Å². The van der Waals surface area contributed by atoms with Crippen LogP contribution in [0, 0.1) is 0 Å². The molecule has 2 heterocycles. The van der Waals surface area contributed by atoms with Crippen LogP contribution in [0.4, 0.5) is 10.5 Å². The van der Waals surface area contributed by atoms with Crippen LogP contribution in [0.2, 0.25) is 0 Å². The first-order valence-electron chi connectivity index (χ1n) is 6.55. The molecular weight excluding hydrogens is 258 g/mol. The summed E-state index contributed by atoms with van der Waals surface area (Å²) in [4.78, 5) is 27.4. The molecule has 3 rings (SSSR count). The highest BCUT2D eigenvalue weighted by molar-refractivity contribution is 6.00. The average Bonchev–Trinajstić information content (AvgIpc) is 2.77. The number of ether oxygens (including phenoxy) is 1. The fourth-order valence-corrected chi connectivity index (χ4v) is 2.65. The van der Waals surface area contributed by atoms with E-state index < -0.39 is 11.4 Å². The van der Waals surface area contributed by atoms with Crippen LogP contribution in [-0.2, 0) is 4.79 Å². The molecule has 2 aliphatic heterocycles. The maximum atomic E-state index is 12.6. The van der Waals surface area contributed by atoms with E-state index >= 15 is 0 Å².